The van der Waals surface area contributed by atoms with Crippen LogP contribution >= 0.6 is 11.6 Å². The average molecular weight is 277 g/mol. The van der Waals surface area contributed by atoms with Crippen molar-refractivity contribution in [2.75, 3.05) is 5.32 Å². The number of halogens is 1. The molecule has 0 unspecified atom stereocenters. The number of Topliss-reactive ketones (excluding diaryl/α,β-unsaturated/α-hetero) is 1. The molecule has 0 bridgehead atoms. The lowest BCUT2D eigenvalue weighted by Crippen LogP contribution is -2.13. The van der Waals surface area contributed by atoms with E-state index in [-0.39, 0.29) is 11.7 Å². The van der Waals surface area contributed by atoms with Gasteiger partial charge in [-0.1, -0.05) is 17.7 Å². The number of carbonyl (C=O) groups excluding carboxylic acids is 2. The highest BCUT2D eigenvalue weighted by Crippen LogP contribution is 2.20. The van der Waals surface area contributed by atoms with Crippen LogP contribution in [-0.4, -0.2) is 16.7 Å². The Hall–Kier alpha value is -2.07. The van der Waals surface area contributed by atoms with E-state index in [4.69, 9.17) is 11.6 Å². The highest BCUT2D eigenvalue weighted by molar-refractivity contribution is 6.31. The fourth-order valence-corrected chi connectivity index (χ4v) is 1.82. The monoisotopic (exact) mass is 276 g/mol. The van der Waals surface area contributed by atoms with Crippen LogP contribution < -0.4 is 5.32 Å². The summed E-state index contributed by atoms with van der Waals surface area (Å²) in [5.41, 5.74) is 2.31. The van der Waals surface area contributed by atoms with Crippen LogP contribution in [0, 0.1) is 6.92 Å². The van der Waals surface area contributed by atoms with Crippen LogP contribution in [0.2, 0.25) is 5.02 Å². The molecule has 0 fully saturated rings. The molecule has 0 spiro atoms. The molecule has 1 aromatic carbocycles. The molecule has 0 radical (unpaired) electrons. The number of amides is 1. The van der Waals surface area contributed by atoms with Crippen LogP contribution in [-0.2, 0) is 0 Å². The summed E-state index contributed by atoms with van der Waals surface area (Å²) in [4.78, 5) is 25.9. The van der Waals surface area contributed by atoms with E-state index >= 15 is 0 Å². The number of nitrogens with one attached hydrogen (secondary N) is 2. The largest absolute Gasteiger partial charge is 0.348 e. The van der Waals surface area contributed by atoms with E-state index in [1.54, 1.807) is 24.3 Å². The van der Waals surface area contributed by atoms with Crippen molar-refractivity contribution in [3.05, 3.63) is 52.3 Å². The maximum atomic E-state index is 12.0. The molecule has 4 nitrogen and oxygen atoms in total. The van der Waals surface area contributed by atoms with E-state index < -0.39 is 0 Å². The quantitative estimate of drug-likeness (QED) is 0.844. The number of aryl methyl sites for hydroxylation is 1. The Balaban J connectivity index is 2.20. The smallest absolute Gasteiger partial charge is 0.272 e. The molecule has 2 rings (SSSR count). The second kappa shape index (κ2) is 5.28. The van der Waals surface area contributed by atoms with E-state index in [9.17, 15) is 9.59 Å². The average Bonchev–Trinajstić information content (AvgIpc) is 2.83. The number of rotatable bonds is 3. The minimum Gasteiger partial charge on any atom is -0.348 e. The van der Waals surface area contributed by atoms with Gasteiger partial charge in [0.2, 0.25) is 0 Å². The Morgan fingerprint density at radius 1 is 1.16 bits per heavy atom. The first-order chi connectivity index (χ1) is 8.97. The topological polar surface area (TPSA) is 62.0 Å². The summed E-state index contributed by atoms with van der Waals surface area (Å²) in [6, 6.07) is 8.43. The minimum atomic E-state index is -0.308. The Bertz CT molecular complexity index is 647. The van der Waals surface area contributed by atoms with Gasteiger partial charge in [-0.05, 0) is 36.8 Å². The van der Waals surface area contributed by atoms with E-state index in [1.165, 1.54) is 6.92 Å². The summed E-state index contributed by atoms with van der Waals surface area (Å²) in [5.74, 6) is -0.421. The van der Waals surface area contributed by atoms with Gasteiger partial charge in [-0.15, -0.1) is 0 Å². The van der Waals surface area contributed by atoms with Gasteiger partial charge in [0.15, 0.2) is 5.78 Å². The number of anilines is 1. The second-order valence-corrected chi connectivity index (χ2v) is 4.69. The van der Waals surface area contributed by atoms with Crippen LogP contribution in [0.4, 0.5) is 5.69 Å². The Labute approximate surface area is 115 Å². The van der Waals surface area contributed by atoms with Crippen LogP contribution in [0.1, 0.15) is 33.5 Å². The molecular weight excluding hydrogens is 264 g/mol. The molecule has 2 aromatic rings. The van der Waals surface area contributed by atoms with Crippen LogP contribution in [0.5, 0.6) is 0 Å². The van der Waals surface area contributed by atoms with Gasteiger partial charge >= 0.3 is 0 Å². The van der Waals surface area contributed by atoms with Crippen molar-refractivity contribution < 1.29 is 9.59 Å². The first-order valence-corrected chi connectivity index (χ1v) is 6.12. The lowest BCUT2D eigenvalue weighted by atomic mass is 10.2. The summed E-state index contributed by atoms with van der Waals surface area (Å²) in [7, 11) is 0. The molecule has 0 saturated heterocycles. The van der Waals surface area contributed by atoms with Gasteiger partial charge < -0.3 is 10.3 Å². The molecule has 5 heteroatoms. The zero-order valence-corrected chi connectivity index (χ0v) is 11.3. The number of hydrogen-bond donors (Lipinski definition) is 2. The van der Waals surface area contributed by atoms with Crippen molar-refractivity contribution in [3.63, 3.8) is 0 Å². The van der Waals surface area contributed by atoms with Gasteiger partial charge in [0.1, 0.15) is 5.69 Å². The van der Waals surface area contributed by atoms with Crippen molar-refractivity contribution in [2.24, 2.45) is 0 Å². The number of carbonyl (C=O) groups is 2. The van der Waals surface area contributed by atoms with Crippen molar-refractivity contribution in [1.82, 2.24) is 4.98 Å². The summed E-state index contributed by atoms with van der Waals surface area (Å²) in [6.45, 7) is 3.32. The number of H-pyrrole nitrogens is 1. The number of benzene rings is 1. The molecule has 19 heavy (non-hydrogen) atoms. The maximum absolute atomic E-state index is 12.0. The third kappa shape index (κ3) is 3.03. The van der Waals surface area contributed by atoms with Gasteiger partial charge in [-0.25, -0.2) is 0 Å². The zero-order chi connectivity index (χ0) is 14.0. The lowest BCUT2D eigenvalue weighted by Gasteiger charge is -2.07. The van der Waals surface area contributed by atoms with Gasteiger partial charge in [0, 0.05) is 17.6 Å². The van der Waals surface area contributed by atoms with Crippen LogP contribution in [0.25, 0.3) is 0 Å². The summed E-state index contributed by atoms with van der Waals surface area (Å²) in [6.07, 6.45) is 0. The first-order valence-electron chi connectivity index (χ1n) is 5.75. The summed E-state index contributed by atoms with van der Waals surface area (Å²) >= 11 is 5.89. The minimum absolute atomic E-state index is 0.113. The predicted octanol–water partition coefficient (Wildman–Crippen LogP) is 3.43. The highest BCUT2D eigenvalue weighted by atomic mass is 35.5. The van der Waals surface area contributed by atoms with Crippen molar-refractivity contribution in [3.8, 4) is 0 Å². The Morgan fingerprint density at radius 2 is 1.84 bits per heavy atom. The van der Waals surface area contributed by atoms with Crippen molar-refractivity contribution in [1.29, 1.82) is 0 Å². The molecule has 0 aliphatic rings. The second-order valence-electron chi connectivity index (χ2n) is 4.26. The Kier molecular flexibility index (Phi) is 3.71. The zero-order valence-electron chi connectivity index (χ0n) is 10.6. The fourth-order valence-electron chi connectivity index (χ4n) is 1.65. The molecule has 1 aromatic heterocycles. The standard InChI is InChI=1S/C14H13ClN2O2/c1-8-3-4-10(15)7-13(8)17-14(19)12-6-5-11(16-12)9(2)18/h3-7,16H,1-2H3,(H,17,19). The van der Waals surface area contributed by atoms with E-state index in [0.717, 1.165) is 5.56 Å². The summed E-state index contributed by atoms with van der Waals surface area (Å²) in [5, 5.41) is 3.31. The Morgan fingerprint density at radius 3 is 2.47 bits per heavy atom. The SMILES string of the molecule is CC(=O)c1ccc(C(=O)Nc2cc(Cl)ccc2C)[nH]1. The normalized spacial score (nSPS) is 10.3. The van der Waals surface area contributed by atoms with Crippen LogP contribution in [0.15, 0.2) is 30.3 Å². The maximum Gasteiger partial charge on any atom is 0.272 e. The fraction of sp³-hybridized carbons (Fsp3) is 0.143. The molecule has 1 amide bonds. The van der Waals surface area contributed by atoms with Gasteiger partial charge in [-0.2, -0.15) is 0 Å². The van der Waals surface area contributed by atoms with Crippen molar-refractivity contribution in [2.45, 2.75) is 13.8 Å². The van der Waals surface area contributed by atoms with Gasteiger partial charge in [0.25, 0.3) is 5.91 Å². The summed E-state index contributed by atoms with van der Waals surface area (Å²) < 4.78 is 0. The number of aromatic nitrogens is 1. The predicted molar refractivity (Wildman–Crippen MR) is 74.9 cm³/mol. The van der Waals surface area contributed by atoms with E-state index in [2.05, 4.69) is 10.3 Å². The molecule has 0 atom stereocenters. The number of aromatic amines is 1. The van der Waals surface area contributed by atoms with Gasteiger partial charge in [-0.3, -0.25) is 9.59 Å². The molecule has 2 N–H and O–H groups in total. The molecule has 0 aliphatic carbocycles. The van der Waals surface area contributed by atoms with Gasteiger partial charge in [0.05, 0.1) is 5.69 Å². The number of ketones is 1. The molecule has 0 aliphatic heterocycles. The first kappa shape index (κ1) is 13.4. The molecule has 98 valence electrons. The third-order valence-electron chi connectivity index (χ3n) is 2.76. The van der Waals surface area contributed by atoms with Crippen molar-refractivity contribution >= 4 is 29.0 Å². The van der Waals surface area contributed by atoms with E-state index in [0.29, 0.717) is 22.1 Å². The lowest BCUT2D eigenvalue weighted by molar-refractivity contribution is 0.101. The van der Waals surface area contributed by atoms with Crippen LogP contribution in [0.3, 0.4) is 0 Å². The number of hydrogen-bond acceptors (Lipinski definition) is 2. The third-order valence-corrected chi connectivity index (χ3v) is 2.99. The van der Waals surface area contributed by atoms with E-state index in [1.807, 2.05) is 13.0 Å². The highest BCUT2D eigenvalue weighted by Gasteiger charge is 2.11. The molecule has 1 heterocycles. The molecular formula is C14H13ClN2O2. The molecule has 0 saturated carbocycles.